The predicted octanol–water partition coefficient (Wildman–Crippen LogP) is 2.21. The van der Waals surface area contributed by atoms with Gasteiger partial charge in [0.25, 0.3) is 0 Å². The molecule has 8 heteroatoms. The van der Waals surface area contributed by atoms with Crippen LogP contribution in [0.15, 0.2) is 16.6 Å². The van der Waals surface area contributed by atoms with Gasteiger partial charge in [0.05, 0.1) is 6.61 Å². The Morgan fingerprint density at radius 2 is 2.03 bits per heavy atom. The second-order valence-electron chi connectivity index (χ2n) is 9.19. The van der Waals surface area contributed by atoms with E-state index in [9.17, 15) is 9.59 Å². The maximum absolute atomic E-state index is 12.5. The fourth-order valence-electron chi connectivity index (χ4n) is 4.10. The lowest BCUT2D eigenvalue weighted by Crippen LogP contribution is -2.40. The number of hydrogen-bond acceptors (Lipinski definition) is 5. The molecule has 0 bridgehead atoms. The van der Waals surface area contributed by atoms with E-state index in [0.717, 1.165) is 45.6 Å². The molecule has 0 saturated heterocycles. The van der Waals surface area contributed by atoms with Crippen molar-refractivity contribution >= 4 is 18.2 Å². The minimum atomic E-state index is -0.108. The van der Waals surface area contributed by atoms with Crippen LogP contribution in [0.25, 0.3) is 0 Å². The summed E-state index contributed by atoms with van der Waals surface area (Å²) in [6.45, 7) is 14.8. The standard InChI is InChI=1S/C24H43N5O3/c1-5-29(22(30)8-11-25-12-14-32-6-2)13-9-24(4)15-21(24)18-28-23(31)27-17-20-16-26-10-7-19(20)3/h7,10,20-21,25H,5-6,8-9,11-18H2,1-4H3,(H2,27,28,31). The van der Waals surface area contributed by atoms with Crippen molar-refractivity contribution in [2.75, 3.05) is 59.0 Å². The Kier molecular flexibility index (Phi) is 11.2. The molecule has 1 heterocycles. The molecule has 0 radical (unpaired) electrons. The number of ether oxygens (including phenoxy) is 1. The third-order valence-electron chi connectivity index (χ3n) is 6.80. The maximum atomic E-state index is 12.5. The second kappa shape index (κ2) is 13.6. The number of hydrogen-bond donors (Lipinski definition) is 3. The largest absolute Gasteiger partial charge is 0.380 e. The van der Waals surface area contributed by atoms with Gasteiger partial charge in [0, 0.05) is 71.0 Å². The Morgan fingerprint density at radius 1 is 1.25 bits per heavy atom. The predicted molar refractivity (Wildman–Crippen MR) is 129 cm³/mol. The molecule has 0 aromatic carbocycles. The molecule has 8 nitrogen and oxygen atoms in total. The molecule has 2 aliphatic rings. The Balaban J connectivity index is 1.59. The average Bonchev–Trinajstić information content (AvgIpc) is 3.44. The molecule has 32 heavy (non-hydrogen) atoms. The van der Waals surface area contributed by atoms with Crippen LogP contribution in [-0.2, 0) is 9.53 Å². The van der Waals surface area contributed by atoms with Gasteiger partial charge in [0.15, 0.2) is 0 Å². The van der Waals surface area contributed by atoms with Gasteiger partial charge in [-0.05, 0) is 51.0 Å². The van der Waals surface area contributed by atoms with Crippen LogP contribution in [-0.4, -0.2) is 82.1 Å². The molecular formula is C24H43N5O3. The van der Waals surface area contributed by atoms with Gasteiger partial charge in [0.1, 0.15) is 0 Å². The first-order valence-corrected chi connectivity index (χ1v) is 12.1. The summed E-state index contributed by atoms with van der Waals surface area (Å²) in [6, 6.07) is -0.108. The second-order valence-corrected chi connectivity index (χ2v) is 9.19. The van der Waals surface area contributed by atoms with E-state index in [4.69, 9.17) is 4.74 Å². The van der Waals surface area contributed by atoms with Crippen molar-refractivity contribution in [1.82, 2.24) is 20.9 Å². The highest BCUT2D eigenvalue weighted by molar-refractivity contribution is 5.76. The van der Waals surface area contributed by atoms with E-state index < -0.39 is 0 Å². The molecule has 1 fully saturated rings. The first-order chi connectivity index (χ1) is 15.4. The molecule has 3 unspecified atom stereocenters. The zero-order valence-corrected chi connectivity index (χ0v) is 20.4. The summed E-state index contributed by atoms with van der Waals surface area (Å²) in [5, 5.41) is 9.25. The lowest BCUT2D eigenvalue weighted by atomic mass is 9.99. The number of carbonyl (C=O) groups is 2. The van der Waals surface area contributed by atoms with Crippen molar-refractivity contribution in [3.63, 3.8) is 0 Å². The third kappa shape index (κ3) is 8.90. The Labute approximate surface area is 193 Å². The average molecular weight is 450 g/mol. The van der Waals surface area contributed by atoms with E-state index >= 15 is 0 Å². The van der Waals surface area contributed by atoms with E-state index in [1.807, 2.05) is 31.0 Å². The van der Waals surface area contributed by atoms with Crippen LogP contribution in [0.5, 0.6) is 0 Å². The molecule has 182 valence electrons. The smallest absolute Gasteiger partial charge is 0.314 e. The van der Waals surface area contributed by atoms with Crippen LogP contribution >= 0.6 is 0 Å². The van der Waals surface area contributed by atoms with Crippen molar-refractivity contribution in [3.05, 3.63) is 11.6 Å². The normalized spacial score (nSPS) is 24.1. The monoisotopic (exact) mass is 449 g/mol. The highest BCUT2D eigenvalue weighted by atomic mass is 16.5. The summed E-state index contributed by atoms with van der Waals surface area (Å²) in [4.78, 5) is 30.9. The summed E-state index contributed by atoms with van der Waals surface area (Å²) >= 11 is 0. The molecule has 1 aliphatic heterocycles. The topological polar surface area (TPSA) is 95.1 Å². The van der Waals surface area contributed by atoms with Crippen LogP contribution in [0.2, 0.25) is 0 Å². The van der Waals surface area contributed by atoms with Gasteiger partial charge >= 0.3 is 6.03 Å². The number of urea groups is 1. The Hall–Kier alpha value is -1.93. The number of amides is 3. The number of aliphatic imine (C=N–C) groups is 1. The summed E-state index contributed by atoms with van der Waals surface area (Å²) in [5.41, 5.74) is 1.46. The van der Waals surface area contributed by atoms with Crippen molar-refractivity contribution in [2.45, 2.75) is 47.0 Å². The number of nitrogens with zero attached hydrogens (tertiary/aromatic N) is 2. The van der Waals surface area contributed by atoms with Gasteiger partial charge in [-0.2, -0.15) is 0 Å². The SMILES string of the molecule is CCOCCNCCC(=O)N(CC)CCC1(C)CC1CNC(=O)NCC1CN=CC=C1C. The molecule has 3 N–H and O–H groups in total. The first kappa shape index (κ1) is 26.3. The number of carbonyl (C=O) groups excluding carboxylic acids is 2. The Bertz CT molecular complexity index is 666. The summed E-state index contributed by atoms with van der Waals surface area (Å²) in [6.07, 6.45) is 6.42. The van der Waals surface area contributed by atoms with Crippen LogP contribution in [0.3, 0.4) is 0 Å². The molecule has 1 saturated carbocycles. The fraction of sp³-hybridized carbons (Fsp3) is 0.792. The third-order valence-corrected chi connectivity index (χ3v) is 6.80. The fourth-order valence-corrected chi connectivity index (χ4v) is 4.10. The molecule has 0 aromatic heterocycles. The minimum absolute atomic E-state index is 0.108. The van der Waals surface area contributed by atoms with Gasteiger partial charge in [-0.25, -0.2) is 4.79 Å². The summed E-state index contributed by atoms with van der Waals surface area (Å²) in [7, 11) is 0. The van der Waals surface area contributed by atoms with Gasteiger partial charge < -0.3 is 25.6 Å². The zero-order valence-electron chi connectivity index (χ0n) is 20.4. The van der Waals surface area contributed by atoms with E-state index in [0.29, 0.717) is 38.6 Å². The Morgan fingerprint density at radius 3 is 2.75 bits per heavy atom. The van der Waals surface area contributed by atoms with Crippen LogP contribution in [0.1, 0.15) is 47.0 Å². The molecule has 3 amide bonds. The van der Waals surface area contributed by atoms with Crippen molar-refractivity contribution < 1.29 is 14.3 Å². The molecular weight excluding hydrogens is 406 g/mol. The maximum Gasteiger partial charge on any atom is 0.314 e. The minimum Gasteiger partial charge on any atom is -0.380 e. The van der Waals surface area contributed by atoms with E-state index in [-0.39, 0.29) is 23.3 Å². The number of dihydropyridines is 1. The van der Waals surface area contributed by atoms with E-state index in [1.165, 1.54) is 5.57 Å². The zero-order chi connectivity index (χ0) is 23.4. The van der Waals surface area contributed by atoms with Gasteiger partial charge in [0.2, 0.25) is 5.91 Å². The van der Waals surface area contributed by atoms with Gasteiger partial charge in [-0.15, -0.1) is 0 Å². The van der Waals surface area contributed by atoms with Crippen LogP contribution < -0.4 is 16.0 Å². The number of rotatable bonds is 15. The number of allylic oxidation sites excluding steroid dienone is 1. The molecule has 1 aliphatic carbocycles. The first-order valence-electron chi connectivity index (χ1n) is 12.1. The van der Waals surface area contributed by atoms with Crippen molar-refractivity contribution in [1.29, 1.82) is 0 Å². The van der Waals surface area contributed by atoms with Gasteiger partial charge in [-0.3, -0.25) is 9.79 Å². The molecule has 3 atom stereocenters. The highest BCUT2D eigenvalue weighted by Gasteiger charge is 2.49. The van der Waals surface area contributed by atoms with Crippen molar-refractivity contribution in [3.8, 4) is 0 Å². The summed E-state index contributed by atoms with van der Waals surface area (Å²) < 4.78 is 5.29. The van der Waals surface area contributed by atoms with Gasteiger partial charge in [-0.1, -0.05) is 12.5 Å². The lowest BCUT2D eigenvalue weighted by molar-refractivity contribution is -0.131. The van der Waals surface area contributed by atoms with E-state index in [1.54, 1.807) is 0 Å². The number of nitrogens with one attached hydrogen (secondary N) is 3. The van der Waals surface area contributed by atoms with Crippen LogP contribution in [0, 0.1) is 17.3 Å². The van der Waals surface area contributed by atoms with E-state index in [2.05, 4.69) is 34.8 Å². The molecule has 0 aromatic rings. The quantitative estimate of drug-likeness (QED) is 0.334. The molecule has 2 rings (SSSR count). The lowest BCUT2D eigenvalue weighted by Gasteiger charge is -2.23. The molecule has 0 spiro atoms. The highest BCUT2D eigenvalue weighted by Crippen LogP contribution is 2.54. The summed E-state index contributed by atoms with van der Waals surface area (Å²) in [5.74, 6) is 0.962. The van der Waals surface area contributed by atoms with Crippen molar-refractivity contribution in [2.24, 2.45) is 22.2 Å². The van der Waals surface area contributed by atoms with Crippen LogP contribution in [0.4, 0.5) is 4.79 Å².